The number of benzene rings is 1. The molecule has 3 aromatic rings. The van der Waals surface area contributed by atoms with Crippen molar-refractivity contribution in [1.29, 1.82) is 0 Å². The maximum atomic E-state index is 12.9. The molecule has 30 heavy (non-hydrogen) atoms. The van der Waals surface area contributed by atoms with E-state index in [2.05, 4.69) is 14.9 Å². The van der Waals surface area contributed by atoms with Crippen molar-refractivity contribution in [2.45, 2.75) is 18.5 Å². The highest BCUT2D eigenvalue weighted by molar-refractivity contribution is 6.30. The van der Waals surface area contributed by atoms with Crippen molar-refractivity contribution >= 4 is 23.5 Å². The van der Waals surface area contributed by atoms with Crippen molar-refractivity contribution in [3.05, 3.63) is 69.9 Å². The molecule has 5 rings (SSSR count). The van der Waals surface area contributed by atoms with Crippen LogP contribution in [0.25, 0.3) is 11.4 Å². The van der Waals surface area contributed by atoms with Crippen molar-refractivity contribution in [1.82, 2.24) is 24.4 Å². The number of hydrogen-bond acceptors (Lipinski definition) is 6. The molecule has 0 radical (unpaired) electrons. The monoisotopic (exact) mass is 422 g/mol. The van der Waals surface area contributed by atoms with E-state index < -0.39 is 0 Å². The molecule has 0 saturated carbocycles. The molecule has 2 fully saturated rings. The molecule has 152 valence electrons. The summed E-state index contributed by atoms with van der Waals surface area (Å²) in [7, 11) is 1.72. The van der Waals surface area contributed by atoms with Crippen LogP contribution in [0.5, 0.6) is 0 Å². The third kappa shape index (κ3) is 3.13. The fourth-order valence-electron chi connectivity index (χ4n) is 4.28. The van der Waals surface area contributed by atoms with Gasteiger partial charge in [0.15, 0.2) is 0 Å². The average molecular weight is 423 g/mol. The zero-order valence-corrected chi connectivity index (χ0v) is 17.0. The molecule has 2 atom stereocenters. The number of anilines is 1. The number of piperazine rings is 1. The summed E-state index contributed by atoms with van der Waals surface area (Å²) >= 11 is 5.94. The van der Waals surface area contributed by atoms with Gasteiger partial charge in [0.05, 0.1) is 23.5 Å². The molecule has 0 N–H and O–H groups in total. The van der Waals surface area contributed by atoms with E-state index in [-0.39, 0.29) is 23.6 Å². The van der Waals surface area contributed by atoms with Crippen molar-refractivity contribution in [3.8, 4) is 11.4 Å². The summed E-state index contributed by atoms with van der Waals surface area (Å²) in [6, 6.07) is 10.4. The van der Waals surface area contributed by atoms with Crippen LogP contribution < -0.4 is 10.5 Å². The van der Waals surface area contributed by atoms with Gasteiger partial charge in [0.25, 0.3) is 11.5 Å². The number of rotatable bonds is 3. The molecule has 2 aliphatic heterocycles. The molecule has 2 saturated heterocycles. The number of carbonyl (C=O) groups is 1. The first-order valence-corrected chi connectivity index (χ1v) is 10.1. The molecule has 2 aliphatic rings. The van der Waals surface area contributed by atoms with E-state index >= 15 is 0 Å². The second kappa shape index (κ2) is 7.21. The molecule has 0 spiro atoms. The fraction of sp³-hybridized carbons (Fsp3) is 0.286. The van der Waals surface area contributed by atoms with Gasteiger partial charge in [-0.3, -0.25) is 14.2 Å². The zero-order chi connectivity index (χ0) is 20.8. The van der Waals surface area contributed by atoms with Gasteiger partial charge in [-0.15, -0.1) is 0 Å². The molecule has 8 nitrogen and oxygen atoms in total. The van der Waals surface area contributed by atoms with Gasteiger partial charge in [0.1, 0.15) is 6.33 Å². The summed E-state index contributed by atoms with van der Waals surface area (Å²) in [6.07, 6.45) is 3.92. The normalized spacial score (nSPS) is 20.1. The van der Waals surface area contributed by atoms with Crippen LogP contribution in [-0.4, -0.2) is 55.5 Å². The lowest BCUT2D eigenvalue weighted by molar-refractivity contribution is 0.0725. The van der Waals surface area contributed by atoms with Gasteiger partial charge in [-0.2, -0.15) is 0 Å². The standard InChI is InChI=1S/C21H19ClN6O2/c1-26-19(29)9-18(17-6-7-23-12-24-17)25-21(26)28-11-15-8-16(28)10-27(15)20(30)13-2-4-14(22)5-3-13/h2-7,9,12,15-16H,8,10-11H2,1H3/t15?,16-/m1/s1. The first kappa shape index (κ1) is 18.7. The zero-order valence-electron chi connectivity index (χ0n) is 16.3. The van der Waals surface area contributed by atoms with Gasteiger partial charge >= 0.3 is 0 Å². The predicted molar refractivity (Wildman–Crippen MR) is 113 cm³/mol. The van der Waals surface area contributed by atoms with Gasteiger partial charge in [-0.25, -0.2) is 15.0 Å². The summed E-state index contributed by atoms with van der Waals surface area (Å²) in [5.41, 5.74) is 1.61. The summed E-state index contributed by atoms with van der Waals surface area (Å²) in [5, 5.41) is 0.608. The maximum absolute atomic E-state index is 12.9. The molecular weight excluding hydrogens is 404 g/mol. The average Bonchev–Trinajstić information content (AvgIpc) is 3.37. The number of nitrogens with zero attached hydrogens (tertiary/aromatic N) is 6. The summed E-state index contributed by atoms with van der Waals surface area (Å²) in [6.45, 7) is 1.23. The third-order valence-corrected chi connectivity index (χ3v) is 6.06. The SMILES string of the molecule is Cn1c(N2CC3C[C@@H]2CN3C(=O)c2ccc(Cl)cc2)nc(-c2ccncn2)cc1=O. The first-order valence-electron chi connectivity index (χ1n) is 9.69. The lowest BCUT2D eigenvalue weighted by Gasteiger charge is -2.35. The fourth-order valence-corrected chi connectivity index (χ4v) is 4.40. The number of aromatic nitrogens is 4. The van der Waals surface area contributed by atoms with Crippen molar-refractivity contribution in [2.75, 3.05) is 18.0 Å². The van der Waals surface area contributed by atoms with E-state index in [1.54, 1.807) is 48.1 Å². The number of likely N-dealkylation sites (tertiary alicyclic amines) is 1. The molecule has 1 unspecified atom stereocenters. The van der Waals surface area contributed by atoms with E-state index in [1.807, 2.05) is 4.90 Å². The Morgan fingerprint density at radius 2 is 1.90 bits per heavy atom. The quantitative estimate of drug-likeness (QED) is 0.641. The van der Waals surface area contributed by atoms with E-state index in [0.717, 1.165) is 6.42 Å². The molecule has 9 heteroatoms. The summed E-state index contributed by atoms with van der Waals surface area (Å²) in [5.74, 6) is 0.609. The Bertz CT molecular complexity index is 1160. The first-order chi connectivity index (χ1) is 14.5. The maximum Gasteiger partial charge on any atom is 0.255 e. The van der Waals surface area contributed by atoms with Crippen LogP contribution in [0.2, 0.25) is 5.02 Å². The Morgan fingerprint density at radius 3 is 2.57 bits per heavy atom. The molecular formula is C21H19ClN6O2. The van der Waals surface area contributed by atoms with Crippen LogP contribution in [-0.2, 0) is 7.05 Å². The molecule has 2 aromatic heterocycles. The van der Waals surface area contributed by atoms with Gasteiger partial charge in [0, 0.05) is 43.0 Å². The number of carbonyl (C=O) groups excluding carboxylic acids is 1. The smallest absolute Gasteiger partial charge is 0.255 e. The van der Waals surface area contributed by atoms with Gasteiger partial charge in [-0.1, -0.05) is 11.6 Å². The number of fused-ring (bicyclic) bond motifs is 2. The highest BCUT2D eigenvalue weighted by Crippen LogP contribution is 2.34. The summed E-state index contributed by atoms with van der Waals surface area (Å²) in [4.78, 5) is 42.4. The van der Waals surface area contributed by atoms with Crippen LogP contribution in [0.4, 0.5) is 5.95 Å². The Hall–Kier alpha value is -3.26. The van der Waals surface area contributed by atoms with Crippen LogP contribution in [0.15, 0.2) is 53.7 Å². The molecule has 1 aromatic carbocycles. The minimum Gasteiger partial charge on any atom is -0.335 e. The van der Waals surface area contributed by atoms with Crippen molar-refractivity contribution in [3.63, 3.8) is 0 Å². The van der Waals surface area contributed by atoms with Gasteiger partial charge < -0.3 is 9.80 Å². The largest absolute Gasteiger partial charge is 0.335 e. The van der Waals surface area contributed by atoms with E-state index in [9.17, 15) is 9.59 Å². The lowest BCUT2D eigenvalue weighted by atomic mass is 10.2. The Morgan fingerprint density at radius 1 is 1.10 bits per heavy atom. The predicted octanol–water partition coefficient (Wildman–Crippen LogP) is 1.99. The third-order valence-electron chi connectivity index (χ3n) is 5.81. The van der Waals surface area contributed by atoms with Crippen molar-refractivity contribution in [2.24, 2.45) is 7.05 Å². The molecule has 4 heterocycles. The topological polar surface area (TPSA) is 84.2 Å². The molecule has 0 aliphatic carbocycles. The highest BCUT2D eigenvalue weighted by Gasteiger charge is 2.46. The van der Waals surface area contributed by atoms with E-state index in [0.29, 0.717) is 41.0 Å². The number of amides is 1. The van der Waals surface area contributed by atoms with E-state index in [4.69, 9.17) is 16.6 Å². The van der Waals surface area contributed by atoms with Crippen LogP contribution in [0.3, 0.4) is 0 Å². The van der Waals surface area contributed by atoms with Gasteiger partial charge in [0.2, 0.25) is 5.95 Å². The lowest BCUT2D eigenvalue weighted by Crippen LogP contribution is -2.50. The van der Waals surface area contributed by atoms with Gasteiger partial charge in [-0.05, 0) is 36.8 Å². The highest BCUT2D eigenvalue weighted by atomic mass is 35.5. The Labute approximate surface area is 177 Å². The second-order valence-corrected chi connectivity index (χ2v) is 8.03. The van der Waals surface area contributed by atoms with Crippen LogP contribution >= 0.6 is 11.6 Å². The molecule has 2 bridgehead atoms. The number of hydrogen-bond donors (Lipinski definition) is 0. The van der Waals surface area contributed by atoms with E-state index in [1.165, 1.54) is 12.4 Å². The Kier molecular flexibility index (Phi) is 4.51. The summed E-state index contributed by atoms with van der Waals surface area (Å²) < 4.78 is 1.55. The minimum absolute atomic E-state index is 0.00963. The second-order valence-electron chi connectivity index (χ2n) is 7.59. The van der Waals surface area contributed by atoms with Crippen molar-refractivity contribution < 1.29 is 4.79 Å². The minimum atomic E-state index is -0.148. The van der Waals surface area contributed by atoms with Crippen LogP contribution in [0, 0.1) is 0 Å². The Balaban J connectivity index is 1.41. The van der Waals surface area contributed by atoms with Crippen LogP contribution in [0.1, 0.15) is 16.8 Å². The molecule has 1 amide bonds. The number of halogens is 1.